The molecule has 0 spiro atoms. The predicted octanol–water partition coefficient (Wildman–Crippen LogP) is 2.74. The van der Waals surface area contributed by atoms with Crippen LogP contribution in [0.2, 0.25) is 0 Å². The number of fused-ring (bicyclic) bond motifs is 1. The molecule has 4 rings (SSSR count). The molecular formula is C18H26N2O2. The molecule has 4 heteroatoms. The van der Waals surface area contributed by atoms with E-state index in [0.717, 1.165) is 44.4 Å². The molecule has 2 atom stereocenters. The lowest BCUT2D eigenvalue weighted by Crippen LogP contribution is -2.57. The van der Waals surface area contributed by atoms with Gasteiger partial charge in [0, 0.05) is 43.9 Å². The standard InChI is InChI=1S/C18H26N2O2/c1-2-9-19-17(4-1)22-14-18-8-3-11-21-16(18)7-10-20(13-18)12-15-5-6-15/h1-2,4,9,15-16H,3,5-8,10-14H2/t16-,18+/m0/s1. The van der Waals surface area contributed by atoms with Crippen LogP contribution in [0.5, 0.6) is 5.88 Å². The molecule has 22 heavy (non-hydrogen) atoms. The van der Waals surface area contributed by atoms with Crippen LogP contribution in [0.4, 0.5) is 0 Å². The molecule has 3 aliphatic rings. The first-order valence-corrected chi connectivity index (χ1v) is 8.72. The van der Waals surface area contributed by atoms with Crippen molar-refractivity contribution in [1.82, 2.24) is 9.88 Å². The molecule has 1 aliphatic carbocycles. The summed E-state index contributed by atoms with van der Waals surface area (Å²) < 4.78 is 12.2. The fraction of sp³-hybridized carbons (Fsp3) is 0.722. The Balaban J connectivity index is 1.45. The van der Waals surface area contributed by atoms with Crippen LogP contribution in [0, 0.1) is 11.3 Å². The van der Waals surface area contributed by atoms with Gasteiger partial charge in [-0.25, -0.2) is 4.98 Å². The summed E-state index contributed by atoms with van der Waals surface area (Å²) in [6.45, 7) is 5.24. The van der Waals surface area contributed by atoms with E-state index >= 15 is 0 Å². The largest absolute Gasteiger partial charge is 0.477 e. The molecule has 0 N–H and O–H groups in total. The van der Waals surface area contributed by atoms with E-state index in [-0.39, 0.29) is 5.41 Å². The Bertz CT molecular complexity index is 491. The number of piperidine rings is 1. The van der Waals surface area contributed by atoms with E-state index in [1.165, 1.54) is 32.4 Å². The van der Waals surface area contributed by atoms with Gasteiger partial charge in [-0.2, -0.15) is 0 Å². The van der Waals surface area contributed by atoms with Crippen molar-refractivity contribution in [2.75, 3.05) is 32.8 Å². The normalized spacial score (nSPS) is 32.5. The van der Waals surface area contributed by atoms with Crippen molar-refractivity contribution in [3.8, 4) is 5.88 Å². The molecular weight excluding hydrogens is 276 g/mol. The first-order valence-electron chi connectivity index (χ1n) is 8.72. The molecule has 1 aromatic rings. The lowest BCUT2D eigenvalue weighted by atomic mass is 9.73. The summed E-state index contributed by atoms with van der Waals surface area (Å²) in [6, 6.07) is 5.85. The van der Waals surface area contributed by atoms with Crippen LogP contribution >= 0.6 is 0 Å². The maximum Gasteiger partial charge on any atom is 0.213 e. The summed E-state index contributed by atoms with van der Waals surface area (Å²) in [6.07, 6.45) is 8.52. The van der Waals surface area contributed by atoms with Crippen LogP contribution in [0.3, 0.4) is 0 Å². The van der Waals surface area contributed by atoms with Gasteiger partial charge in [0.2, 0.25) is 5.88 Å². The Morgan fingerprint density at radius 2 is 2.27 bits per heavy atom. The second-order valence-corrected chi connectivity index (χ2v) is 7.25. The van der Waals surface area contributed by atoms with Crippen molar-refractivity contribution in [3.05, 3.63) is 24.4 Å². The van der Waals surface area contributed by atoms with Gasteiger partial charge in [-0.05, 0) is 44.1 Å². The molecule has 0 radical (unpaired) electrons. The van der Waals surface area contributed by atoms with Gasteiger partial charge in [0.05, 0.1) is 12.7 Å². The third-order valence-corrected chi connectivity index (χ3v) is 5.43. The van der Waals surface area contributed by atoms with Gasteiger partial charge in [0.25, 0.3) is 0 Å². The lowest BCUT2D eigenvalue weighted by molar-refractivity contribution is -0.140. The highest BCUT2D eigenvalue weighted by Crippen LogP contribution is 2.41. The van der Waals surface area contributed by atoms with Gasteiger partial charge >= 0.3 is 0 Å². The quantitative estimate of drug-likeness (QED) is 0.837. The zero-order valence-corrected chi connectivity index (χ0v) is 13.2. The van der Waals surface area contributed by atoms with E-state index in [1.807, 2.05) is 18.2 Å². The molecule has 0 unspecified atom stereocenters. The molecule has 3 heterocycles. The molecule has 1 saturated carbocycles. The second kappa shape index (κ2) is 6.17. The molecule has 120 valence electrons. The van der Waals surface area contributed by atoms with Crippen molar-refractivity contribution in [1.29, 1.82) is 0 Å². The molecule has 4 nitrogen and oxygen atoms in total. The third kappa shape index (κ3) is 3.13. The average molecular weight is 302 g/mol. The van der Waals surface area contributed by atoms with Crippen molar-refractivity contribution in [3.63, 3.8) is 0 Å². The summed E-state index contributed by atoms with van der Waals surface area (Å²) in [4.78, 5) is 6.96. The van der Waals surface area contributed by atoms with Crippen LogP contribution < -0.4 is 4.74 Å². The SMILES string of the molecule is c1ccc(OC[C@]23CCCO[C@H]2CCN(CC2CC2)C3)nc1. The Labute approximate surface area is 132 Å². The van der Waals surface area contributed by atoms with Gasteiger partial charge < -0.3 is 14.4 Å². The minimum absolute atomic E-state index is 0.156. The highest BCUT2D eigenvalue weighted by molar-refractivity contribution is 5.10. The number of aromatic nitrogens is 1. The van der Waals surface area contributed by atoms with Crippen molar-refractivity contribution in [2.24, 2.45) is 11.3 Å². The summed E-state index contributed by atoms with van der Waals surface area (Å²) in [7, 11) is 0. The van der Waals surface area contributed by atoms with Crippen LogP contribution in [0.1, 0.15) is 32.1 Å². The van der Waals surface area contributed by atoms with E-state index < -0.39 is 0 Å². The number of nitrogens with zero attached hydrogens (tertiary/aromatic N) is 2. The fourth-order valence-electron chi connectivity index (χ4n) is 4.06. The second-order valence-electron chi connectivity index (χ2n) is 7.25. The van der Waals surface area contributed by atoms with E-state index in [0.29, 0.717) is 6.10 Å². The van der Waals surface area contributed by atoms with E-state index in [1.54, 1.807) is 6.20 Å². The number of hydrogen-bond acceptors (Lipinski definition) is 4. The van der Waals surface area contributed by atoms with Crippen LogP contribution in [0.15, 0.2) is 24.4 Å². The minimum Gasteiger partial charge on any atom is -0.477 e. The Morgan fingerprint density at radius 3 is 3.09 bits per heavy atom. The molecule has 0 bridgehead atoms. The maximum atomic E-state index is 6.12. The van der Waals surface area contributed by atoms with Crippen LogP contribution in [-0.2, 0) is 4.74 Å². The summed E-state index contributed by atoms with van der Waals surface area (Å²) >= 11 is 0. The maximum absolute atomic E-state index is 6.12. The third-order valence-electron chi connectivity index (χ3n) is 5.43. The molecule has 2 saturated heterocycles. The van der Waals surface area contributed by atoms with Crippen molar-refractivity contribution >= 4 is 0 Å². The molecule has 3 fully saturated rings. The van der Waals surface area contributed by atoms with Gasteiger partial charge in [0.15, 0.2) is 0 Å². The minimum atomic E-state index is 0.156. The zero-order chi connectivity index (χ0) is 14.8. The first-order chi connectivity index (χ1) is 10.8. The monoisotopic (exact) mass is 302 g/mol. The molecule has 1 aromatic heterocycles. The summed E-state index contributed by atoms with van der Waals surface area (Å²) in [5.74, 6) is 1.69. The predicted molar refractivity (Wildman–Crippen MR) is 84.9 cm³/mol. The van der Waals surface area contributed by atoms with Crippen molar-refractivity contribution < 1.29 is 9.47 Å². The van der Waals surface area contributed by atoms with E-state index in [2.05, 4.69) is 9.88 Å². The van der Waals surface area contributed by atoms with Gasteiger partial charge in [-0.1, -0.05) is 6.07 Å². The Hall–Kier alpha value is -1.13. The smallest absolute Gasteiger partial charge is 0.213 e. The topological polar surface area (TPSA) is 34.6 Å². The Morgan fingerprint density at radius 1 is 1.32 bits per heavy atom. The van der Waals surface area contributed by atoms with E-state index in [4.69, 9.17) is 9.47 Å². The zero-order valence-electron chi connectivity index (χ0n) is 13.2. The van der Waals surface area contributed by atoms with E-state index in [9.17, 15) is 0 Å². The number of pyridine rings is 1. The molecule has 2 aliphatic heterocycles. The molecule has 0 amide bonds. The first kappa shape index (κ1) is 14.5. The number of likely N-dealkylation sites (tertiary alicyclic amines) is 1. The lowest BCUT2D eigenvalue weighted by Gasteiger charge is -2.50. The fourth-order valence-corrected chi connectivity index (χ4v) is 4.06. The molecule has 0 aromatic carbocycles. The van der Waals surface area contributed by atoms with Gasteiger partial charge in [0.1, 0.15) is 0 Å². The van der Waals surface area contributed by atoms with Gasteiger partial charge in [-0.3, -0.25) is 0 Å². The summed E-state index contributed by atoms with van der Waals surface area (Å²) in [5.41, 5.74) is 0.156. The van der Waals surface area contributed by atoms with Gasteiger partial charge in [-0.15, -0.1) is 0 Å². The highest BCUT2D eigenvalue weighted by atomic mass is 16.5. The Kier molecular flexibility index (Phi) is 4.05. The van der Waals surface area contributed by atoms with Crippen molar-refractivity contribution in [2.45, 2.75) is 38.2 Å². The summed E-state index contributed by atoms with van der Waals surface area (Å²) in [5, 5.41) is 0. The van der Waals surface area contributed by atoms with Crippen LogP contribution in [-0.4, -0.2) is 48.8 Å². The number of hydrogen-bond donors (Lipinski definition) is 0. The number of ether oxygens (including phenoxy) is 2. The van der Waals surface area contributed by atoms with Crippen LogP contribution in [0.25, 0.3) is 0 Å². The highest BCUT2D eigenvalue weighted by Gasteiger charge is 2.47. The number of rotatable bonds is 5. The average Bonchev–Trinajstić information content (AvgIpc) is 3.38.